The molecule has 1 aliphatic heterocycles. The number of hydrogen-bond acceptors (Lipinski definition) is 3. The third kappa shape index (κ3) is 2.94. The van der Waals surface area contributed by atoms with Crippen LogP contribution in [0.15, 0.2) is 24.3 Å². The van der Waals surface area contributed by atoms with Crippen molar-refractivity contribution in [1.29, 1.82) is 0 Å². The van der Waals surface area contributed by atoms with Crippen LogP contribution in [0.1, 0.15) is 18.0 Å². The third-order valence-electron chi connectivity index (χ3n) is 3.48. The molecule has 0 aromatic heterocycles. The number of nitrogens with zero attached hydrogens (tertiary/aromatic N) is 1. The Labute approximate surface area is 122 Å². The molecule has 0 saturated carbocycles. The number of carboxylic acid groups (broad SMARTS) is 1. The molecule has 1 aromatic rings. The van der Waals surface area contributed by atoms with Crippen LogP contribution in [0.4, 0.5) is 0 Å². The van der Waals surface area contributed by atoms with E-state index in [0.717, 1.165) is 5.56 Å². The van der Waals surface area contributed by atoms with E-state index in [1.807, 2.05) is 0 Å². The summed E-state index contributed by atoms with van der Waals surface area (Å²) in [6.45, 7) is 0.742. The highest BCUT2D eigenvalue weighted by Crippen LogP contribution is 2.38. The molecule has 1 amide bonds. The minimum atomic E-state index is -0.969. The lowest BCUT2D eigenvalue weighted by Gasteiger charge is -2.27. The number of benzene rings is 1. The van der Waals surface area contributed by atoms with Gasteiger partial charge in [-0.15, -0.1) is 0 Å². The number of rotatable bonds is 5. The Morgan fingerprint density at radius 3 is 2.90 bits per heavy atom. The van der Waals surface area contributed by atoms with Crippen molar-refractivity contribution in [2.24, 2.45) is 5.92 Å². The number of likely N-dealkylation sites (tertiary alicyclic amines) is 1. The molecule has 1 fully saturated rings. The van der Waals surface area contributed by atoms with Gasteiger partial charge in [0.2, 0.25) is 5.91 Å². The van der Waals surface area contributed by atoms with Crippen LogP contribution in [0.25, 0.3) is 0 Å². The number of halogens is 1. The van der Waals surface area contributed by atoms with Gasteiger partial charge in [-0.25, -0.2) is 0 Å². The van der Waals surface area contributed by atoms with Crippen molar-refractivity contribution in [3.8, 4) is 0 Å². The maximum Gasteiger partial charge on any atom is 0.309 e. The minimum absolute atomic E-state index is 0.0101. The van der Waals surface area contributed by atoms with Crippen molar-refractivity contribution in [2.75, 3.05) is 20.3 Å². The van der Waals surface area contributed by atoms with Crippen LogP contribution >= 0.6 is 11.6 Å². The fraction of sp³-hybridized carbons (Fsp3) is 0.429. The maximum atomic E-state index is 12.0. The lowest BCUT2D eigenvalue weighted by atomic mass is 9.94. The van der Waals surface area contributed by atoms with Gasteiger partial charge in [-0.1, -0.05) is 23.7 Å². The number of hydrogen-bond donors (Lipinski definition) is 1. The normalized spacial score (nSPS) is 22.3. The molecular weight excluding hydrogens is 282 g/mol. The molecule has 0 radical (unpaired) electrons. The van der Waals surface area contributed by atoms with Gasteiger partial charge in [0.1, 0.15) is 0 Å². The first-order chi connectivity index (χ1) is 9.54. The van der Waals surface area contributed by atoms with Gasteiger partial charge in [0, 0.05) is 25.1 Å². The van der Waals surface area contributed by atoms with Gasteiger partial charge in [-0.2, -0.15) is 0 Å². The summed E-state index contributed by atoms with van der Waals surface area (Å²) in [4.78, 5) is 25.0. The van der Waals surface area contributed by atoms with Gasteiger partial charge >= 0.3 is 5.97 Å². The SMILES string of the molecule is COCCN1C(=O)C[C@H](C(=O)O)[C@@H]1c1cccc(Cl)c1. The molecule has 5 nitrogen and oxygen atoms in total. The Morgan fingerprint density at radius 1 is 1.55 bits per heavy atom. The second kappa shape index (κ2) is 6.24. The van der Waals surface area contributed by atoms with Gasteiger partial charge < -0.3 is 14.7 Å². The van der Waals surface area contributed by atoms with E-state index in [0.29, 0.717) is 18.2 Å². The summed E-state index contributed by atoms with van der Waals surface area (Å²) >= 11 is 5.96. The van der Waals surface area contributed by atoms with Crippen molar-refractivity contribution in [3.63, 3.8) is 0 Å². The predicted molar refractivity (Wildman–Crippen MR) is 73.5 cm³/mol. The van der Waals surface area contributed by atoms with E-state index in [-0.39, 0.29) is 12.3 Å². The number of ether oxygens (including phenoxy) is 1. The summed E-state index contributed by atoms with van der Waals surface area (Å²) < 4.78 is 4.99. The Kier molecular flexibility index (Phi) is 4.62. The average molecular weight is 298 g/mol. The molecule has 0 aliphatic carbocycles. The second-order valence-corrected chi connectivity index (χ2v) is 5.17. The smallest absolute Gasteiger partial charge is 0.309 e. The number of amides is 1. The number of aliphatic carboxylic acids is 1. The van der Waals surface area contributed by atoms with Crippen molar-refractivity contribution < 1.29 is 19.4 Å². The summed E-state index contributed by atoms with van der Waals surface area (Å²) in [5, 5.41) is 9.86. The van der Waals surface area contributed by atoms with E-state index in [2.05, 4.69) is 0 Å². The van der Waals surface area contributed by atoms with Crippen LogP contribution in [-0.2, 0) is 14.3 Å². The van der Waals surface area contributed by atoms with Gasteiger partial charge in [0.25, 0.3) is 0 Å². The van der Waals surface area contributed by atoms with Crippen LogP contribution in [0.5, 0.6) is 0 Å². The zero-order chi connectivity index (χ0) is 14.7. The highest BCUT2D eigenvalue weighted by atomic mass is 35.5. The third-order valence-corrected chi connectivity index (χ3v) is 3.71. The average Bonchev–Trinajstić information content (AvgIpc) is 2.73. The van der Waals surface area contributed by atoms with E-state index in [1.165, 1.54) is 0 Å². The van der Waals surface area contributed by atoms with Crippen LogP contribution in [-0.4, -0.2) is 42.1 Å². The molecule has 108 valence electrons. The van der Waals surface area contributed by atoms with Gasteiger partial charge in [0.15, 0.2) is 0 Å². The second-order valence-electron chi connectivity index (χ2n) is 4.73. The standard InChI is InChI=1S/C14H16ClNO4/c1-20-6-5-16-12(17)8-11(14(18)19)13(16)9-3-2-4-10(15)7-9/h2-4,7,11,13H,5-6,8H2,1H3,(H,18,19)/t11-,13-/m0/s1. The summed E-state index contributed by atoms with van der Waals surface area (Å²) in [7, 11) is 1.55. The number of carboxylic acids is 1. The highest BCUT2D eigenvalue weighted by Gasteiger charge is 2.44. The quantitative estimate of drug-likeness (QED) is 0.902. The van der Waals surface area contributed by atoms with Crippen molar-refractivity contribution in [3.05, 3.63) is 34.9 Å². The Bertz CT molecular complexity index is 520. The molecule has 1 saturated heterocycles. The molecule has 1 N–H and O–H groups in total. The molecule has 1 aliphatic rings. The molecule has 20 heavy (non-hydrogen) atoms. The fourth-order valence-corrected chi connectivity index (χ4v) is 2.77. The number of carbonyl (C=O) groups is 2. The van der Waals surface area contributed by atoms with Crippen LogP contribution < -0.4 is 0 Å². The van der Waals surface area contributed by atoms with Crippen molar-refractivity contribution in [1.82, 2.24) is 4.90 Å². The molecule has 0 unspecified atom stereocenters. The fourth-order valence-electron chi connectivity index (χ4n) is 2.57. The van der Waals surface area contributed by atoms with E-state index >= 15 is 0 Å². The summed E-state index contributed by atoms with van der Waals surface area (Å²) in [5.74, 6) is -1.89. The lowest BCUT2D eigenvalue weighted by molar-refractivity contribution is -0.142. The monoisotopic (exact) mass is 297 g/mol. The van der Waals surface area contributed by atoms with E-state index < -0.39 is 17.9 Å². The molecule has 1 aromatic carbocycles. The van der Waals surface area contributed by atoms with Crippen LogP contribution in [0.3, 0.4) is 0 Å². The Morgan fingerprint density at radius 2 is 2.30 bits per heavy atom. The first-order valence-corrected chi connectivity index (χ1v) is 6.69. The zero-order valence-electron chi connectivity index (χ0n) is 11.1. The van der Waals surface area contributed by atoms with E-state index in [4.69, 9.17) is 16.3 Å². The molecule has 0 bridgehead atoms. The summed E-state index contributed by atoms with van der Waals surface area (Å²) in [5.41, 5.74) is 0.742. The summed E-state index contributed by atoms with van der Waals surface area (Å²) in [6.07, 6.45) is 0.0101. The van der Waals surface area contributed by atoms with Crippen molar-refractivity contribution in [2.45, 2.75) is 12.5 Å². The van der Waals surface area contributed by atoms with E-state index in [9.17, 15) is 14.7 Å². The molecule has 6 heteroatoms. The predicted octanol–water partition coefficient (Wildman–Crippen LogP) is 1.96. The van der Waals surface area contributed by atoms with Crippen LogP contribution in [0, 0.1) is 5.92 Å². The molecule has 0 spiro atoms. The van der Waals surface area contributed by atoms with Gasteiger partial charge in [-0.05, 0) is 17.7 Å². The van der Waals surface area contributed by atoms with Gasteiger partial charge in [0.05, 0.1) is 18.6 Å². The zero-order valence-corrected chi connectivity index (χ0v) is 11.8. The molecule has 1 heterocycles. The first-order valence-electron chi connectivity index (χ1n) is 6.31. The van der Waals surface area contributed by atoms with Crippen molar-refractivity contribution >= 4 is 23.5 Å². The highest BCUT2D eigenvalue weighted by molar-refractivity contribution is 6.30. The molecular formula is C14H16ClNO4. The van der Waals surface area contributed by atoms with Gasteiger partial charge in [-0.3, -0.25) is 9.59 Å². The molecule has 2 atom stereocenters. The van der Waals surface area contributed by atoms with E-state index in [1.54, 1.807) is 36.3 Å². The topological polar surface area (TPSA) is 66.8 Å². The molecule has 2 rings (SSSR count). The number of carbonyl (C=O) groups excluding carboxylic acids is 1. The Balaban J connectivity index is 2.35. The minimum Gasteiger partial charge on any atom is -0.481 e. The Hall–Kier alpha value is -1.59. The lowest BCUT2D eigenvalue weighted by Crippen LogP contribution is -2.33. The first kappa shape index (κ1) is 14.8. The van der Waals surface area contributed by atoms with Crippen LogP contribution in [0.2, 0.25) is 5.02 Å². The summed E-state index contributed by atoms with van der Waals surface area (Å²) in [6, 6.07) is 6.49. The maximum absolute atomic E-state index is 12.0. The largest absolute Gasteiger partial charge is 0.481 e. The number of methoxy groups -OCH3 is 1.